The zero-order chi connectivity index (χ0) is 16.2. The quantitative estimate of drug-likeness (QED) is 0.698. The summed E-state index contributed by atoms with van der Waals surface area (Å²) in [6.45, 7) is 2.45. The number of aromatic nitrogens is 4. The van der Waals surface area contributed by atoms with E-state index in [0.717, 1.165) is 40.3 Å². The van der Waals surface area contributed by atoms with Crippen LogP contribution in [-0.2, 0) is 13.0 Å². The van der Waals surface area contributed by atoms with E-state index in [9.17, 15) is 5.11 Å². The fourth-order valence-corrected chi connectivity index (χ4v) is 2.94. The highest BCUT2D eigenvalue weighted by Gasteiger charge is 2.15. The Bertz CT molecular complexity index is 780. The van der Waals surface area contributed by atoms with Gasteiger partial charge in [-0.2, -0.15) is 16.9 Å². The normalized spacial score (nSPS) is 12.8. The van der Waals surface area contributed by atoms with E-state index in [1.807, 2.05) is 17.8 Å². The second kappa shape index (κ2) is 7.19. The van der Waals surface area contributed by atoms with Crippen LogP contribution >= 0.6 is 11.8 Å². The predicted octanol–water partition coefficient (Wildman–Crippen LogP) is 3.10. The molecule has 2 heterocycles. The topological polar surface area (TPSA) is 66.7 Å². The highest BCUT2D eigenvalue weighted by Crippen LogP contribution is 2.23. The maximum atomic E-state index is 10.0. The van der Waals surface area contributed by atoms with Crippen LogP contribution in [0, 0.1) is 0 Å². The Hall–Kier alpha value is -1.79. The van der Waals surface area contributed by atoms with Gasteiger partial charge < -0.3 is 10.1 Å². The molecule has 122 valence electrons. The minimum Gasteiger partial charge on any atom is -0.391 e. The Morgan fingerprint density at radius 3 is 3.00 bits per heavy atom. The minimum absolute atomic E-state index is 0.403. The maximum Gasteiger partial charge on any atom is 0.158 e. The number of nitrogens with one attached hydrogen (secondary N) is 1. The summed E-state index contributed by atoms with van der Waals surface area (Å²) in [5.74, 6) is 2.67. The number of aliphatic hydroxyl groups is 1. The molecule has 0 fully saturated rings. The summed E-state index contributed by atoms with van der Waals surface area (Å²) >= 11 is 1.79. The SMILES string of the molecule is CCC(O)Cn1nc(CCSC)nc1-c1ccc2[nH]ccc2c1. The fraction of sp³-hybridized carbons (Fsp3) is 0.412. The summed E-state index contributed by atoms with van der Waals surface area (Å²) in [4.78, 5) is 7.92. The Labute approximate surface area is 140 Å². The average molecular weight is 330 g/mol. The molecule has 0 amide bonds. The Balaban J connectivity index is 1.98. The molecule has 5 nitrogen and oxygen atoms in total. The van der Waals surface area contributed by atoms with Gasteiger partial charge in [-0.05, 0) is 36.9 Å². The summed E-state index contributed by atoms with van der Waals surface area (Å²) in [7, 11) is 0. The van der Waals surface area contributed by atoms with Crippen LogP contribution in [-0.4, -0.2) is 43.0 Å². The number of hydrogen-bond acceptors (Lipinski definition) is 4. The van der Waals surface area contributed by atoms with Crippen molar-refractivity contribution in [3.8, 4) is 11.4 Å². The highest BCUT2D eigenvalue weighted by molar-refractivity contribution is 7.98. The lowest BCUT2D eigenvalue weighted by Crippen LogP contribution is -2.16. The number of nitrogens with zero attached hydrogens (tertiary/aromatic N) is 3. The Morgan fingerprint density at radius 1 is 1.35 bits per heavy atom. The average Bonchev–Trinajstić information content (AvgIpc) is 3.18. The van der Waals surface area contributed by atoms with Gasteiger partial charge in [0.15, 0.2) is 11.6 Å². The smallest absolute Gasteiger partial charge is 0.158 e. The second-order valence-electron chi connectivity index (χ2n) is 5.62. The van der Waals surface area contributed by atoms with Crippen molar-refractivity contribution in [1.82, 2.24) is 19.7 Å². The molecule has 0 aliphatic carbocycles. The van der Waals surface area contributed by atoms with Crippen molar-refractivity contribution in [3.05, 3.63) is 36.3 Å². The molecule has 1 aromatic carbocycles. The first-order valence-electron chi connectivity index (χ1n) is 7.89. The third-order valence-corrected chi connectivity index (χ3v) is 4.52. The molecule has 3 aromatic rings. The molecular weight excluding hydrogens is 308 g/mol. The van der Waals surface area contributed by atoms with E-state index in [1.165, 1.54) is 0 Å². The standard InChI is InChI=1S/C17H22N4OS/c1-3-14(22)11-21-17(19-16(20-21)7-9-23-2)13-4-5-15-12(10-13)6-8-18-15/h4-6,8,10,14,18,22H,3,7,9,11H2,1-2H3. The second-order valence-corrected chi connectivity index (χ2v) is 6.60. The van der Waals surface area contributed by atoms with E-state index in [4.69, 9.17) is 4.98 Å². The molecule has 23 heavy (non-hydrogen) atoms. The van der Waals surface area contributed by atoms with Crippen LogP contribution in [0.2, 0.25) is 0 Å². The van der Waals surface area contributed by atoms with Gasteiger partial charge >= 0.3 is 0 Å². The molecule has 6 heteroatoms. The van der Waals surface area contributed by atoms with Crippen molar-refractivity contribution in [2.75, 3.05) is 12.0 Å². The predicted molar refractivity (Wildman–Crippen MR) is 95.7 cm³/mol. The fourth-order valence-electron chi connectivity index (χ4n) is 2.55. The van der Waals surface area contributed by atoms with Gasteiger partial charge in [0, 0.05) is 34.8 Å². The van der Waals surface area contributed by atoms with Crippen molar-refractivity contribution >= 4 is 22.7 Å². The monoisotopic (exact) mass is 330 g/mol. The molecule has 0 aliphatic heterocycles. The van der Waals surface area contributed by atoms with Gasteiger partial charge in [-0.15, -0.1) is 0 Å². The van der Waals surface area contributed by atoms with Crippen LogP contribution in [0.15, 0.2) is 30.5 Å². The lowest BCUT2D eigenvalue weighted by atomic mass is 10.1. The number of H-pyrrole nitrogens is 1. The zero-order valence-corrected chi connectivity index (χ0v) is 14.3. The maximum absolute atomic E-state index is 10.0. The van der Waals surface area contributed by atoms with Gasteiger partial charge in [0.1, 0.15) is 0 Å². The summed E-state index contributed by atoms with van der Waals surface area (Å²) < 4.78 is 1.84. The third kappa shape index (κ3) is 3.59. The number of rotatable bonds is 7. The van der Waals surface area contributed by atoms with Gasteiger partial charge in [0.2, 0.25) is 0 Å². The molecule has 2 N–H and O–H groups in total. The van der Waals surface area contributed by atoms with Crippen LogP contribution in [0.4, 0.5) is 0 Å². The first kappa shape index (κ1) is 16.1. The van der Waals surface area contributed by atoms with E-state index in [2.05, 4.69) is 40.6 Å². The lowest BCUT2D eigenvalue weighted by Gasteiger charge is -2.10. The van der Waals surface area contributed by atoms with Gasteiger partial charge in [-0.3, -0.25) is 0 Å². The Kier molecular flexibility index (Phi) is 5.03. The Morgan fingerprint density at radius 2 is 2.22 bits per heavy atom. The summed E-state index contributed by atoms with van der Waals surface area (Å²) in [5, 5.41) is 15.8. The van der Waals surface area contributed by atoms with Crippen LogP contribution in [0.5, 0.6) is 0 Å². The molecule has 0 aliphatic rings. The molecule has 0 spiro atoms. The molecule has 3 rings (SSSR count). The molecule has 0 saturated heterocycles. The van der Waals surface area contributed by atoms with E-state index in [0.29, 0.717) is 13.0 Å². The number of fused-ring (bicyclic) bond motifs is 1. The molecule has 0 saturated carbocycles. The highest BCUT2D eigenvalue weighted by atomic mass is 32.2. The summed E-state index contributed by atoms with van der Waals surface area (Å²) in [6, 6.07) is 8.27. The van der Waals surface area contributed by atoms with E-state index < -0.39 is 6.10 Å². The van der Waals surface area contributed by atoms with Crippen molar-refractivity contribution in [2.45, 2.75) is 32.4 Å². The number of aryl methyl sites for hydroxylation is 1. The lowest BCUT2D eigenvalue weighted by molar-refractivity contribution is 0.145. The number of aliphatic hydroxyl groups excluding tert-OH is 1. The van der Waals surface area contributed by atoms with Crippen molar-refractivity contribution < 1.29 is 5.11 Å². The third-order valence-electron chi connectivity index (χ3n) is 3.91. The van der Waals surface area contributed by atoms with Crippen LogP contribution in [0.3, 0.4) is 0 Å². The summed E-state index contributed by atoms with van der Waals surface area (Å²) in [6.07, 6.45) is 5.16. The number of benzene rings is 1. The molecular formula is C17H22N4OS. The van der Waals surface area contributed by atoms with Crippen LogP contribution < -0.4 is 0 Å². The van der Waals surface area contributed by atoms with Crippen molar-refractivity contribution in [3.63, 3.8) is 0 Å². The summed E-state index contributed by atoms with van der Waals surface area (Å²) in [5.41, 5.74) is 2.14. The first-order valence-corrected chi connectivity index (χ1v) is 9.29. The van der Waals surface area contributed by atoms with Gasteiger partial charge in [-0.25, -0.2) is 9.67 Å². The van der Waals surface area contributed by atoms with E-state index in [1.54, 1.807) is 11.8 Å². The molecule has 2 aromatic heterocycles. The number of hydrogen-bond donors (Lipinski definition) is 2. The van der Waals surface area contributed by atoms with Crippen LogP contribution in [0.25, 0.3) is 22.3 Å². The van der Waals surface area contributed by atoms with Crippen LogP contribution in [0.1, 0.15) is 19.2 Å². The first-order chi connectivity index (χ1) is 11.2. The van der Waals surface area contributed by atoms with E-state index in [-0.39, 0.29) is 0 Å². The van der Waals surface area contributed by atoms with Gasteiger partial charge in [0.25, 0.3) is 0 Å². The molecule has 0 bridgehead atoms. The zero-order valence-electron chi connectivity index (χ0n) is 13.5. The van der Waals surface area contributed by atoms with Gasteiger partial charge in [0.05, 0.1) is 12.6 Å². The molecule has 1 atom stereocenters. The van der Waals surface area contributed by atoms with Crippen molar-refractivity contribution in [2.24, 2.45) is 0 Å². The number of aromatic amines is 1. The number of thioether (sulfide) groups is 1. The minimum atomic E-state index is -0.403. The van der Waals surface area contributed by atoms with Gasteiger partial charge in [-0.1, -0.05) is 6.92 Å². The van der Waals surface area contributed by atoms with E-state index >= 15 is 0 Å². The van der Waals surface area contributed by atoms with Crippen molar-refractivity contribution in [1.29, 1.82) is 0 Å². The molecule has 1 unspecified atom stereocenters. The molecule has 0 radical (unpaired) electrons. The largest absolute Gasteiger partial charge is 0.391 e.